The third-order valence-electron chi connectivity index (χ3n) is 2.67. The van der Waals surface area contributed by atoms with Gasteiger partial charge in [0.15, 0.2) is 0 Å². The second-order valence-corrected chi connectivity index (χ2v) is 4.00. The fourth-order valence-electron chi connectivity index (χ4n) is 1.68. The minimum absolute atomic E-state index is 0.159. The normalized spacial score (nSPS) is 9.95. The molecule has 0 saturated heterocycles. The molecule has 0 amide bonds. The zero-order valence-electron chi connectivity index (χ0n) is 10.3. The average molecular weight is 256 g/mol. The van der Waals surface area contributed by atoms with E-state index in [0.717, 1.165) is 11.6 Å². The van der Waals surface area contributed by atoms with Gasteiger partial charge in [0, 0.05) is 0 Å². The predicted molar refractivity (Wildman–Crippen MR) is 72.1 cm³/mol. The first-order chi connectivity index (χ1) is 9.20. The van der Waals surface area contributed by atoms with Gasteiger partial charge in [0.25, 0.3) is 0 Å². The molecule has 0 spiro atoms. The quantitative estimate of drug-likeness (QED) is 0.777. The van der Waals surface area contributed by atoms with Crippen LogP contribution in [-0.2, 0) is 11.3 Å². The summed E-state index contributed by atoms with van der Waals surface area (Å²) in [6, 6.07) is 13.3. The molecule has 2 aromatic carbocycles. The summed E-state index contributed by atoms with van der Waals surface area (Å²) < 4.78 is 18.3. The second-order valence-electron chi connectivity index (χ2n) is 4.00. The van der Waals surface area contributed by atoms with Crippen LogP contribution in [0.4, 0.5) is 4.39 Å². The smallest absolute Gasteiger partial charge is 0.339 e. The highest BCUT2D eigenvalue weighted by Crippen LogP contribution is 2.15. The van der Waals surface area contributed by atoms with Crippen LogP contribution in [0.1, 0.15) is 21.5 Å². The Morgan fingerprint density at radius 3 is 2.63 bits per heavy atom. The van der Waals surface area contributed by atoms with E-state index in [1.54, 1.807) is 0 Å². The van der Waals surface area contributed by atoms with Crippen LogP contribution in [0.15, 0.2) is 55.1 Å². The molecule has 0 aliphatic heterocycles. The Hall–Kier alpha value is -2.42. The summed E-state index contributed by atoms with van der Waals surface area (Å²) in [7, 11) is 0. The Kier molecular flexibility index (Phi) is 4.08. The van der Waals surface area contributed by atoms with Gasteiger partial charge in [-0.15, -0.1) is 0 Å². The molecular formula is C16H13FO2. The van der Waals surface area contributed by atoms with E-state index in [2.05, 4.69) is 6.58 Å². The summed E-state index contributed by atoms with van der Waals surface area (Å²) in [5, 5.41) is 0. The standard InChI is InChI=1S/C16H13FO2/c1-2-13-8-9-14(17)10-15(13)16(18)19-11-12-6-4-3-5-7-12/h2-10H,1,11H2. The van der Waals surface area contributed by atoms with Gasteiger partial charge >= 0.3 is 5.97 Å². The molecule has 0 unspecified atom stereocenters. The lowest BCUT2D eigenvalue weighted by atomic mass is 10.1. The molecule has 0 bridgehead atoms. The van der Waals surface area contributed by atoms with E-state index in [1.807, 2.05) is 30.3 Å². The molecule has 0 aromatic heterocycles. The molecule has 2 aromatic rings. The maximum atomic E-state index is 13.2. The molecule has 2 nitrogen and oxygen atoms in total. The topological polar surface area (TPSA) is 26.3 Å². The molecule has 19 heavy (non-hydrogen) atoms. The number of hydrogen-bond donors (Lipinski definition) is 0. The number of benzene rings is 2. The van der Waals surface area contributed by atoms with Gasteiger partial charge in [-0.2, -0.15) is 0 Å². The lowest BCUT2D eigenvalue weighted by molar-refractivity contribution is 0.0472. The highest BCUT2D eigenvalue weighted by molar-refractivity contribution is 5.93. The molecule has 0 N–H and O–H groups in total. The lowest BCUT2D eigenvalue weighted by Gasteiger charge is -2.07. The highest BCUT2D eigenvalue weighted by atomic mass is 19.1. The van der Waals surface area contributed by atoms with Crippen LogP contribution >= 0.6 is 0 Å². The van der Waals surface area contributed by atoms with Crippen LogP contribution in [0.2, 0.25) is 0 Å². The molecule has 0 atom stereocenters. The van der Waals surface area contributed by atoms with Gasteiger partial charge < -0.3 is 4.74 Å². The number of rotatable bonds is 4. The Bertz CT molecular complexity index is 591. The van der Waals surface area contributed by atoms with Crippen LogP contribution in [0, 0.1) is 5.82 Å². The number of carbonyl (C=O) groups is 1. The van der Waals surface area contributed by atoms with Crippen molar-refractivity contribution >= 4 is 12.0 Å². The van der Waals surface area contributed by atoms with Gasteiger partial charge in [0.1, 0.15) is 12.4 Å². The van der Waals surface area contributed by atoms with Crippen molar-refractivity contribution in [3.63, 3.8) is 0 Å². The summed E-state index contributed by atoms with van der Waals surface area (Å²) in [4.78, 5) is 11.9. The third-order valence-corrected chi connectivity index (χ3v) is 2.67. The van der Waals surface area contributed by atoms with Crippen molar-refractivity contribution in [2.45, 2.75) is 6.61 Å². The number of hydrogen-bond acceptors (Lipinski definition) is 2. The molecule has 3 heteroatoms. The van der Waals surface area contributed by atoms with Crippen molar-refractivity contribution in [2.24, 2.45) is 0 Å². The van der Waals surface area contributed by atoms with Crippen molar-refractivity contribution in [2.75, 3.05) is 0 Å². The Morgan fingerprint density at radius 1 is 1.21 bits per heavy atom. The van der Waals surface area contributed by atoms with E-state index in [0.29, 0.717) is 5.56 Å². The maximum Gasteiger partial charge on any atom is 0.339 e. The van der Waals surface area contributed by atoms with Crippen LogP contribution in [-0.4, -0.2) is 5.97 Å². The van der Waals surface area contributed by atoms with Crippen molar-refractivity contribution in [1.82, 2.24) is 0 Å². The third kappa shape index (κ3) is 3.28. The summed E-state index contributed by atoms with van der Waals surface area (Å²) in [5.74, 6) is -1.03. The number of carbonyl (C=O) groups excluding carboxylic acids is 1. The van der Waals surface area contributed by atoms with E-state index >= 15 is 0 Å². The van der Waals surface area contributed by atoms with E-state index in [9.17, 15) is 9.18 Å². The Morgan fingerprint density at radius 2 is 1.95 bits per heavy atom. The summed E-state index contributed by atoms with van der Waals surface area (Å²) >= 11 is 0. The first-order valence-corrected chi connectivity index (χ1v) is 5.84. The Labute approximate surface area is 111 Å². The molecule has 0 saturated carbocycles. The van der Waals surface area contributed by atoms with Gasteiger partial charge in [-0.3, -0.25) is 0 Å². The molecular weight excluding hydrogens is 243 g/mol. The minimum atomic E-state index is -0.557. The largest absolute Gasteiger partial charge is 0.457 e. The van der Waals surface area contributed by atoms with Gasteiger partial charge in [-0.05, 0) is 23.3 Å². The molecule has 2 rings (SSSR count). The SMILES string of the molecule is C=Cc1ccc(F)cc1C(=O)OCc1ccccc1. The summed E-state index contributed by atoms with van der Waals surface area (Å²) in [6.45, 7) is 3.75. The number of esters is 1. The monoisotopic (exact) mass is 256 g/mol. The van der Waals surface area contributed by atoms with Crippen LogP contribution < -0.4 is 0 Å². The minimum Gasteiger partial charge on any atom is -0.457 e. The zero-order valence-corrected chi connectivity index (χ0v) is 10.3. The van der Waals surface area contributed by atoms with Crippen molar-refractivity contribution < 1.29 is 13.9 Å². The van der Waals surface area contributed by atoms with Crippen LogP contribution in [0.3, 0.4) is 0 Å². The van der Waals surface area contributed by atoms with Crippen molar-refractivity contribution in [3.05, 3.63) is 77.6 Å². The van der Waals surface area contributed by atoms with Gasteiger partial charge in [-0.1, -0.05) is 49.1 Å². The lowest BCUT2D eigenvalue weighted by Crippen LogP contribution is -2.07. The molecule has 0 radical (unpaired) electrons. The first kappa shape index (κ1) is 13.0. The van der Waals surface area contributed by atoms with Gasteiger partial charge in [0.2, 0.25) is 0 Å². The van der Waals surface area contributed by atoms with E-state index in [1.165, 1.54) is 18.2 Å². The average Bonchev–Trinajstić information content (AvgIpc) is 2.46. The van der Waals surface area contributed by atoms with Crippen molar-refractivity contribution in [3.8, 4) is 0 Å². The van der Waals surface area contributed by atoms with Gasteiger partial charge in [-0.25, -0.2) is 9.18 Å². The first-order valence-electron chi connectivity index (χ1n) is 5.84. The van der Waals surface area contributed by atoms with E-state index in [-0.39, 0.29) is 12.2 Å². The molecule has 0 aliphatic rings. The predicted octanol–water partition coefficient (Wildman–Crippen LogP) is 3.83. The van der Waals surface area contributed by atoms with Crippen LogP contribution in [0.25, 0.3) is 6.08 Å². The number of halogens is 1. The zero-order chi connectivity index (χ0) is 13.7. The summed E-state index contributed by atoms with van der Waals surface area (Å²) in [6.07, 6.45) is 1.50. The second kappa shape index (κ2) is 5.96. The fraction of sp³-hybridized carbons (Fsp3) is 0.0625. The van der Waals surface area contributed by atoms with Gasteiger partial charge in [0.05, 0.1) is 5.56 Å². The highest BCUT2D eigenvalue weighted by Gasteiger charge is 2.12. The van der Waals surface area contributed by atoms with Crippen LogP contribution in [0.5, 0.6) is 0 Å². The molecule has 0 fully saturated rings. The molecule has 0 heterocycles. The molecule has 96 valence electrons. The molecule has 0 aliphatic carbocycles. The van der Waals surface area contributed by atoms with E-state index < -0.39 is 11.8 Å². The maximum absolute atomic E-state index is 13.2. The Balaban J connectivity index is 2.12. The van der Waals surface area contributed by atoms with E-state index in [4.69, 9.17) is 4.74 Å². The van der Waals surface area contributed by atoms with Crippen molar-refractivity contribution in [1.29, 1.82) is 0 Å². The fourth-order valence-corrected chi connectivity index (χ4v) is 1.68. The number of ether oxygens (including phenoxy) is 1. The summed E-state index contributed by atoms with van der Waals surface area (Å²) in [5.41, 5.74) is 1.62.